The highest BCUT2D eigenvalue weighted by Gasteiger charge is 2.08. The van der Waals surface area contributed by atoms with E-state index in [9.17, 15) is 0 Å². The molecule has 7 heteroatoms. The Morgan fingerprint density at radius 3 is 2.58 bits per heavy atom. The molecule has 2 rings (SSSR count). The number of aromatic nitrogens is 1. The molecule has 0 aliphatic carbocycles. The standard InChI is InChI=1S/C19H28N4O2.HI/c1-14(2)18-12-17(25-23-18)13-22-19(20-4)21-10-5-11-24-16-8-6-15(3)7-9-16;/h6-9,12,14H,5,10-11,13H2,1-4H3,(H2,20,21,22);1H. The zero-order chi connectivity index (χ0) is 18.1. The number of benzene rings is 1. The topological polar surface area (TPSA) is 71.7 Å². The summed E-state index contributed by atoms with van der Waals surface area (Å²) in [5.41, 5.74) is 2.20. The zero-order valence-electron chi connectivity index (χ0n) is 15.9. The van der Waals surface area contributed by atoms with Crippen molar-refractivity contribution in [1.82, 2.24) is 15.8 Å². The third-order valence-electron chi connectivity index (χ3n) is 3.73. The van der Waals surface area contributed by atoms with Gasteiger partial charge in [0.15, 0.2) is 11.7 Å². The van der Waals surface area contributed by atoms with Crippen molar-refractivity contribution in [2.75, 3.05) is 20.2 Å². The van der Waals surface area contributed by atoms with Crippen LogP contribution in [0.1, 0.15) is 43.2 Å². The van der Waals surface area contributed by atoms with Crippen molar-refractivity contribution in [2.24, 2.45) is 4.99 Å². The number of nitrogens with zero attached hydrogens (tertiary/aromatic N) is 2. The van der Waals surface area contributed by atoms with E-state index in [4.69, 9.17) is 9.26 Å². The number of ether oxygens (including phenoxy) is 1. The molecule has 0 fully saturated rings. The highest BCUT2D eigenvalue weighted by atomic mass is 127. The summed E-state index contributed by atoms with van der Waals surface area (Å²) >= 11 is 0. The van der Waals surface area contributed by atoms with Gasteiger partial charge in [0, 0.05) is 19.7 Å². The molecule has 0 aliphatic heterocycles. The third kappa shape index (κ3) is 7.63. The Hall–Kier alpha value is -1.77. The average Bonchev–Trinajstić information content (AvgIpc) is 3.08. The van der Waals surface area contributed by atoms with Crippen LogP contribution in [0.3, 0.4) is 0 Å². The Morgan fingerprint density at radius 1 is 1.23 bits per heavy atom. The second kappa shape index (κ2) is 11.8. The smallest absolute Gasteiger partial charge is 0.191 e. The predicted octanol–water partition coefficient (Wildman–Crippen LogP) is 3.86. The Morgan fingerprint density at radius 2 is 1.96 bits per heavy atom. The number of aryl methyl sites for hydroxylation is 1. The molecule has 0 aliphatic rings. The van der Waals surface area contributed by atoms with Gasteiger partial charge in [-0.3, -0.25) is 4.99 Å². The van der Waals surface area contributed by atoms with Gasteiger partial charge in [-0.2, -0.15) is 0 Å². The first-order chi connectivity index (χ1) is 12.1. The highest BCUT2D eigenvalue weighted by molar-refractivity contribution is 14.0. The fourth-order valence-corrected chi connectivity index (χ4v) is 2.18. The lowest BCUT2D eigenvalue weighted by Crippen LogP contribution is -2.37. The van der Waals surface area contributed by atoms with Crippen molar-refractivity contribution in [3.05, 3.63) is 47.3 Å². The van der Waals surface area contributed by atoms with Crippen molar-refractivity contribution in [1.29, 1.82) is 0 Å². The molecule has 0 saturated carbocycles. The van der Waals surface area contributed by atoms with Gasteiger partial charge in [0.25, 0.3) is 0 Å². The highest BCUT2D eigenvalue weighted by Crippen LogP contribution is 2.13. The summed E-state index contributed by atoms with van der Waals surface area (Å²) in [4.78, 5) is 4.20. The maximum atomic E-state index is 5.71. The van der Waals surface area contributed by atoms with Crippen molar-refractivity contribution in [2.45, 2.75) is 39.7 Å². The van der Waals surface area contributed by atoms with Gasteiger partial charge < -0.3 is 19.9 Å². The van der Waals surface area contributed by atoms with Crippen LogP contribution in [0.4, 0.5) is 0 Å². The summed E-state index contributed by atoms with van der Waals surface area (Å²) in [7, 11) is 1.75. The van der Waals surface area contributed by atoms with Gasteiger partial charge in [0.05, 0.1) is 18.8 Å². The van der Waals surface area contributed by atoms with Crippen LogP contribution in [0.15, 0.2) is 39.8 Å². The van der Waals surface area contributed by atoms with Crippen LogP contribution in [0.2, 0.25) is 0 Å². The second-order valence-electron chi connectivity index (χ2n) is 6.24. The van der Waals surface area contributed by atoms with Crippen LogP contribution in [0.25, 0.3) is 0 Å². The molecule has 2 aromatic rings. The molecule has 0 atom stereocenters. The number of halogens is 1. The summed E-state index contributed by atoms with van der Waals surface area (Å²) in [6.07, 6.45) is 0.883. The summed E-state index contributed by atoms with van der Waals surface area (Å²) in [5.74, 6) is 2.80. The van der Waals surface area contributed by atoms with Gasteiger partial charge in [-0.05, 0) is 31.4 Å². The molecule has 0 bridgehead atoms. The maximum absolute atomic E-state index is 5.71. The Balaban J connectivity index is 0.00000338. The maximum Gasteiger partial charge on any atom is 0.191 e. The largest absolute Gasteiger partial charge is 0.494 e. The lowest BCUT2D eigenvalue weighted by Gasteiger charge is -2.11. The van der Waals surface area contributed by atoms with Crippen molar-refractivity contribution >= 4 is 29.9 Å². The van der Waals surface area contributed by atoms with Crippen LogP contribution in [0, 0.1) is 6.92 Å². The summed E-state index contributed by atoms with van der Waals surface area (Å²) in [5, 5.41) is 10.5. The number of rotatable bonds is 8. The monoisotopic (exact) mass is 472 g/mol. The zero-order valence-corrected chi connectivity index (χ0v) is 18.2. The first kappa shape index (κ1) is 22.3. The lowest BCUT2D eigenvalue weighted by atomic mass is 10.1. The minimum absolute atomic E-state index is 0. The van der Waals surface area contributed by atoms with E-state index in [1.54, 1.807) is 7.05 Å². The van der Waals surface area contributed by atoms with Gasteiger partial charge in [-0.1, -0.05) is 36.7 Å². The lowest BCUT2D eigenvalue weighted by molar-refractivity contribution is 0.311. The van der Waals surface area contributed by atoms with Crippen molar-refractivity contribution in [3.8, 4) is 5.75 Å². The van der Waals surface area contributed by atoms with Crippen molar-refractivity contribution in [3.63, 3.8) is 0 Å². The molecule has 0 unspecified atom stereocenters. The minimum Gasteiger partial charge on any atom is -0.494 e. The summed E-state index contributed by atoms with van der Waals surface area (Å²) in [6.45, 7) is 8.24. The van der Waals surface area contributed by atoms with E-state index in [2.05, 4.69) is 41.6 Å². The average molecular weight is 472 g/mol. The Kier molecular flexibility index (Phi) is 10.1. The molecule has 26 heavy (non-hydrogen) atoms. The van der Waals surface area contributed by atoms with Gasteiger partial charge in [-0.15, -0.1) is 24.0 Å². The third-order valence-corrected chi connectivity index (χ3v) is 3.73. The molecule has 0 amide bonds. The minimum atomic E-state index is 0. The molecule has 0 radical (unpaired) electrons. The SMILES string of the molecule is CN=C(NCCCOc1ccc(C)cc1)NCc1cc(C(C)C)no1.I. The Labute approximate surface area is 172 Å². The van der Waals surface area contributed by atoms with Gasteiger partial charge >= 0.3 is 0 Å². The van der Waals surface area contributed by atoms with Gasteiger partial charge in [0.2, 0.25) is 0 Å². The molecule has 0 saturated heterocycles. The molecule has 0 spiro atoms. The quantitative estimate of drug-likeness (QED) is 0.264. The van der Waals surface area contributed by atoms with E-state index >= 15 is 0 Å². The number of hydrogen-bond acceptors (Lipinski definition) is 4. The summed E-state index contributed by atoms with van der Waals surface area (Å²) in [6, 6.07) is 10.1. The van der Waals surface area contributed by atoms with Crippen LogP contribution in [-0.2, 0) is 6.54 Å². The molecule has 1 heterocycles. The molecule has 1 aromatic heterocycles. The second-order valence-corrected chi connectivity index (χ2v) is 6.24. The molecular weight excluding hydrogens is 443 g/mol. The first-order valence-corrected chi connectivity index (χ1v) is 8.68. The Bertz CT molecular complexity index is 668. The van der Waals surface area contributed by atoms with E-state index in [1.807, 2.05) is 30.3 Å². The molecule has 1 aromatic carbocycles. The van der Waals surface area contributed by atoms with Crippen LogP contribution in [-0.4, -0.2) is 31.3 Å². The van der Waals surface area contributed by atoms with E-state index < -0.39 is 0 Å². The number of guanidine groups is 1. The van der Waals surface area contributed by atoms with E-state index in [1.165, 1.54) is 5.56 Å². The predicted molar refractivity (Wildman–Crippen MR) is 115 cm³/mol. The molecule has 2 N–H and O–H groups in total. The van der Waals surface area contributed by atoms with E-state index in [-0.39, 0.29) is 24.0 Å². The summed E-state index contributed by atoms with van der Waals surface area (Å²) < 4.78 is 11.0. The van der Waals surface area contributed by atoms with Gasteiger partial charge in [0.1, 0.15) is 5.75 Å². The first-order valence-electron chi connectivity index (χ1n) is 8.68. The number of hydrogen-bond donors (Lipinski definition) is 2. The van der Waals surface area contributed by atoms with Crippen molar-refractivity contribution < 1.29 is 9.26 Å². The fraction of sp³-hybridized carbons (Fsp3) is 0.474. The normalized spacial score (nSPS) is 11.2. The number of aliphatic imine (C=N–C) groups is 1. The van der Waals surface area contributed by atoms with E-state index in [0.29, 0.717) is 19.1 Å². The molecule has 144 valence electrons. The van der Waals surface area contributed by atoms with Gasteiger partial charge in [-0.25, -0.2) is 0 Å². The van der Waals surface area contributed by atoms with E-state index in [0.717, 1.165) is 36.1 Å². The van der Waals surface area contributed by atoms with Crippen LogP contribution < -0.4 is 15.4 Å². The van der Waals surface area contributed by atoms with Crippen LogP contribution >= 0.6 is 24.0 Å². The van der Waals surface area contributed by atoms with Crippen LogP contribution in [0.5, 0.6) is 5.75 Å². The molecule has 6 nitrogen and oxygen atoms in total. The fourth-order valence-electron chi connectivity index (χ4n) is 2.18. The molecular formula is C19H29IN4O2. The number of nitrogens with one attached hydrogen (secondary N) is 2.